The highest BCUT2D eigenvalue weighted by molar-refractivity contribution is 6.12. The van der Waals surface area contributed by atoms with Gasteiger partial charge in [0.2, 0.25) is 29.5 Å². The van der Waals surface area contributed by atoms with Gasteiger partial charge < -0.3 is 39.9 Å². The van der Waals surface area contributed by atoms with Crippen molar-refractivity contribution >= 4 is 47.3 Å². The van der Waals surface area contributed by atoms with E-state index in [0.29, 0.717) is 32.1 Å². The lowest BCUT2D eigenvalue weighted by Gasteiger charge is -2.41. The van der Waals surface area contributed by atoms with Gasteiger partial charge in [-0.1, -0.05) is 79.5 Å². The van der Waals surface area contributed by atoms with Crippen LogP contribution in [0.4, 0.5) is 4.39 Å². The molecule has 18 heteroatoms. The molecule has 68 heavy (non-hydrogen) atoms. The fourth-order valence-corrected chi connectivity index (χ4v) is 10.00. The maximum atomic E-state index is 14.6. The highest BCUT2D eigenvalue weighted by Gasteiger charge is 2.57. The van der Waals surface area contributed by atoms with Gasteiger partial charge in [-0.2, -0.15) is 0 Å². The first kappa shape index (κ1) is 55.4. The zero-order valence-corrected chi connectivity index (χ0v) is 41.7. The van der Waals surface area contributed by atoms with Crippen LogP contribution in [0.25, 0.3) is 0 Å². The molecule has 1 saturated carbocycles. The SMILES string of the molecule is CC[C@H](C)C(C(CC(=O)N1C2C[C@H]2C[C@H]1C(OC)[C@@H](C)C(=O)N[C@@H](Cc1ccccc1F)C(=O)O)OC)N(C)C(=O)[C@@H](NC(=O)C(C(C)C)N(C)C(=O)CCCCCN1C(=O)C=CC1=O)C(C)C. The van der Waals surface area contributed by atoms with Crippen LogP contribution in [0.1, 0.15) is 105 Å². The second-order valence-electron chi connectivity index (χ2n) is 19.6. The first-order valence-electron chi connectivity index (χ1n) is 24.1. The minimum atomic E-state index is -1.40. The molecule has 4 rings (SSSR count). The molecule has 0 bridgehead atoms. The van der Waals surface area contributed by atoms with Crippen LogP contribution < -0.4 is 10.6 Å². The highest BCUT2D eigenvalue weighted by atomic mass is 19.1. The van der Waals surface area contributed by atoms with Crippen molar-refractivity contribution in [2.45, 2.75) is 155 Å². The van der Waals surface area contributed by atoms with Crippen molar-refractivity contribution in [2.24, 2.45) is 29.6 Å². The number of hydrogen-bond donors (Lipinski definition) is 3. The van der Waals surface area contributed by atoms with E-state index in [0.717, 1.165) is 11.3 Å². The predicted molar refractivity (Wildman–Crippen MR) is 251 cm³/mol. The number of nitrogens with zero attached hydrogens (tertiary/aromatic N) is 4. The largest absolute Gasteiger partial charge is 0.480 e. The second kappa shape index (κ2) is 24.9. The van der Waals surface area contributed by atoms with Gasteiger partial charge in [-0.15, -0.1) is 0 Å². The molecule has 3 N–H and O–H groups in total. The molecule has 2 fully saturated rings. The summed E-state index contributed by atoms with van der Waals surface area (Å²) in [6, 6.07) is 1.30. The number of fused-ring (bicyclic) bond motifs is 1. The van der Waals surface area contributed by atoms with Gasteiger partial charge in [0, 0.05) is 65.9 Å². The molecule has 1 saturated heterocycles. The van der Waals surface area contributed by atoms with Crippen molar-refractivity contribution < 1.29 is 57.3 Å². The Morgan fingerprint density at radius 2 is 1.50 bits per heavy atom. The third-order valence-corrected chi connectivity index (χ3v) is 14.2. The van der Waals surface area contributed by atoms with Gasteiger partial charge in [0.1, 0.15) is 23.9 Å². The molecule has 11 atom stereocenters. The molecule has 2 heterocycles. The monoisotopic (exact) mass is 955 g/mol. The summed E-state index contributed by atoms with van der Waals surface area (Å²) in [4.78, 5) is 112. The van der Waals surface area contributed by atoms with Crippen LogP contribution in [0.15, 0.2) is 36.4 Å². The predicted octanol–water partition coefficient (Wildman–Crippen LogP) is 3.97. The van der Waals surface area contributed by atoms with Crippen LogP contribution in [0.5, 0.6) is 0 Å². The van der Waals surface area contributed by atoms with Crippen molar-refractivity contribution in [3.63, 3.8) is 0 Å². The fourth-order valence-electron chi connectivity index (χ4n) is 10.00. The van der Waals surface area contributed by atoms with E-state index in [4.69, 9.17) is 9.47 Å². The summed E-state index contributed by atoms with van der Waals surface area (Å²) in [6.07, 6.45) is 4.31. The number of nitrogens with one attached hydrogen (secondary N) is 2. The molecule has 2 aliphatic heterocycles. The zero-order chi connectivity index (χ0) is 50.7. The van der Waals surface area contributed by atoms with E-state index in [2.05, 4.69) is 10.6 Å². The van der Waals surface area contributed by atoms with Gasteiger partial charge in [0.15, 0.2) is 0 Å². The van der Waals surface area contributed by atoms with Crippen LogP contribution in [-0.2, 0) is 54.3 Å². The Balaban J connectivity index is 1.44. The van der Waals surface area contributed by atoms with Gasteiger partial charge in [-0.3, -0.25) is 38.5 Å². The standard InChI is InChI=1S/C50H75FN6O11/c1-12-30(6)45(55(9)49(64)43(28(2)3)53-48(63)44(29(4)5)54(8)39(58)20-14-13-17-23-56-40(59)21-22-41(56)60)38(67-10)27-42(61)57-36-25-33(36)26-37(57)46(68-11)31(7)47(62)52-35(50(65)66)24-32-18-15-16-19-34(32)51/h15-16,18-19,21-22,28-31,33,35-38,43-46H,12-14,17,20,23-27H2,1-11H3,(H,52,62)(H,53,63)(H,65,66)/t30-,31+,33-,35-,36?,37-,38?,43-,44?,45?,46?/m0/s1. The van der Waals surface area contributed by atoms with E-state index in [-0.39, 0.29) is 90.6 Å². The summed E-state index contributed by atoms with van der Waals surface area (Å²) in [6.45, 7) is 13.1. The first-order chi connectivity index (χ1) is 32.1. The minimum Gasteiger partial charge on any atom is -0.480 e. The van der Waals surface area contributed by atoms with E-state index in [1.54, 1.807) is 36.9 Å². The summed E-state index contributed by atoms with van der Waals surface area (Å²) in [7, 11) is 6.16. The van der Waals surface area contributed by atoms with E-state index < -0.39 is 71.9 Å². The van der Waals surface area contributed by atoms with Gasteiger partial charge >= 0.3 is 5.97 Å². The number of rotatable bonds is 27. The van der Waals surface area contributed by atoms with E-state index in [9.17, 15) is 47.9 Å². The van der Waals surface area contributed by atoms with Crippen LogP contribution >= 0.6 is 0 Å². The summed E-state index contributed by atoms with van der Waals surface area (Å²) >= 11 is 0. The summed E-state index contributed by atoms with van der Waals surface area (Å²) in [5.41, 5.74) is 0.147. The number of piperidine rings is 1. The summed E-state index contributed by atoms with van der Waals surface area (Å²) in [5, 5.41) is 15.5. The molecule has 5 unspecified atom stereocenters. The number of carbonyl (C=O) groups excluding carboxylic acids is 7. The summed E-state index contributed by atoms with van der Waals surface area (Å²) in [5.74, 6) is -6.07. The van der Waals surface area contributed by atoms with Gasteiger partial charge in [0.05, 0.1) is 36.6 Å². The number of likely N-dealkylation sites (N-methyl/N-ethyl adjacent to an activating group) is 2. The molecule has 7 amide bonds. The number of amides is 7. The lowest BCUT2D eigenvalue weighted by atomic mass is 9.89. The fraction of sp³-hybridized carbons (Fsp3) is 0.680. The highest BCUT2D eigenvalue weighted by Crippen LogP contribution is 2.50. The number of unbranched alkanes of at least 4 members (excludes halogenated alkanes) is 2. The molecule has 17 nitrogen and oxygen atoms in total. The van der Waals surface area contributed by atoms with Crippen molar-refractivity contribution in [3.8, 4) is 0 Å². The number of carbonyl (C=O) groups is 8. The number of carboxylic acid groups (broad SMARTS) is 1. The molecule has 0 spiro atoms. The lowest BCUT2D eigenvalue weighted by molar-refractivity contribution is -0.149. The molecular formula is C50H75FN6O11. The minimum absolute atomic E-state index is 0.0805. The number of likely N-dealkylation sites (tertiary alicyclic amines) is 1. The molecule has 0 aromatic heterocycles. The quantitative estimate of drug-likeness (QED) is 0.0849. The van der Waals surface area contributed by atoms with Gasteiger partial charge in [-0.25, -0.2) is 9.18 Å². The normalized spacial score (nSPS) is 21.1. The Morgan fingerprint density at radius 3 is 2.06 bits per heavy atom. The van der Waals surface area contributed by atoms with E-state index >= 15 is 0 Å². The van der Waals surface area contributed by atoms with Crippen LogP contribution in [-0.4, -0.2) is 155 Å². The van der Waals surface area contributed by atoms with E-state index in [1.807, 2.05) is 41.5 Å². The summed E-state index contributed by atoms with van der Waals surface area (Å²) < 4.78 is 26.4. The van der Waals surface area contributed by atoms with Crippen molar-refractivity contribution in [2.75, 3.05) is 34.9 Å². The lowest BCUT2D eigenvalue weighted by Crippen LogP contribution is -2.60. The number of methoxy groups -OCH3 is 2. The third kappa shape index (κ3) is 13.5. The molecule has 3 aliphatic rings. The van der Waals surface area contributed by atoms with Crippen molar-refractivity contribution in [1.82, 2.24) is 30.2 Å². The number of benzene rings is 1. The van der Waals surface area contributed by atoms with E-state index in [1.165, 1.54) is 49.5 Å². The van der Waals surface area contributed by atoms with Crippen LogP contribution in [0.3, 0.4) is 0 Å². The Labute approximate surface area is 400 Å². The van der Waals surface area contributed by atoms with Gasteiger partial charge in [-0.05, 0) is 61.0 Å². The number of halogens is 1. The topological polar surface area (TPSA) is 212 Å². The molecular weight excluding hydrogens is 880 g/mol. The number of carboxylic acids is 1. The molecule has 378 valence electrons. The van der Waals surface area contributed by atoms with Crippen LogP contribution in [0, 0.1) is 35.4 Å². The first-order valence-corrected chi connectivity index (χ1v) is 24.1. The number of aliphatic carboxylic acids is 1. The second-order valence-corrected chi connectivity index (χ2v) is 19.6. The van der Waals surface area contributed by atoms with Gasteiger partial charge in [0.25, 0.3) is 11.8 Å². The van der Waals surface area contributed by atoms with Crippen molar-refractivity contribution in [3.05, 3.63) is 47.8 Å². The average molecular weight is 955 g/mol. The Bertz CT molecular complexity index is 2000. The maximum Gasteiger partial charge on any atom is 0.326 e. The third-order valence-electron chi connectivity index (χ3n) is 14.2. The number of ether oxygens (including phenoxy) is 2. The smallest absolute Gasteiger partial charge is 0.326 e. The number of imide groups is 1. The molecule has 1 aliphatic carbocycles. The Morgan fingerprint density at radius 1 is 0.853 bits per heavy atom. The number of hydrogen-bond acceptors (Lipinski definition) is 10. The molecule has 1 aromatic rings. The maximum absolute atomic E-state index is 14.6. The van der Waals surface area contributed by atoms with Crippen molar-refractivity contribution in [1.29, 1.82) is 0 Å². The molecule has 1 aromatic carbocycles. The Kier molecular flexibility index (Phi) is 20.3. The Hall–Kier alpha value is -5.23. The average Bonchev–Trinajstić information content (AvgIpc) is 3.84. The van der Waals surface area contributed by atoms with Crippen LogP contribution in [0.2, 0.25) is 0 Å². The molecule has 0 radical (unpaired) electrons. The zero-order valence-electron chi connectivity index (χ0n) is 41.7.